The van der Waals surface area contributed by atoms with E-state index in [1.165, 1.54) is 6.07 Å². The average Bonchev–Trinajstić information content (AvgIpc) is 2.51. The average molecular weight is 301 g/mol. The minimum atomic E-state index is -0.273. The zero-order valence-electron chi connectivity index (χ0n) is 11.5. The minimum absolute atomic E-state index is 0.256. The molecule has 0 radical (unpaired) electrons. The smallest absolute Gasteiger partial charge is 0.128 e. The molecule has 0 aliphatic heterocycles. The summed E-state index contributed by atoms with van der Waals surface area (Å²) in [6.07, 6.45) is 1.76. The fraction of sp³-hybridized carbons (Fsp3) is 0.118. The maximum atomic E-state index is 14.1. The molecule has 0 amide bonds. The molecule has 21 heavy (non-hydrogen) atoms. The molecule has 0 aliphatic rings. The molecule has 0 spiro atoms. The monoisotopic (exact) mass is 300 g/mol. The first-order valence-electron chi connectivity index (χ1n) is 6.66. The van der Waals surface area contributed by atoms with Crippen molar-refractivity contribution in [2.24, 2.45) is 0 Å². The summed E-state index contributed by atoms with van der Waals surface area (Å²) in [5, 5.41) is 4.70. The van der Waals surface area contributed by atoms with Crippen LogP contribution in [0.1, 0.15) is 17.2 Å². The second-order valence-corrected chi connectivity index (χ2v) is 5.28. The molecule has 1 N–H and O–H groups in total. The molecule has 0 bridgehead atoms. The largest absolute Gasteiger partial charge is 0.309 e. The Morgan fingerprint density at radius 2 is 2.00 bits per heavy atom. The van der Waals surface area contributed by atoms with E-state index in [9.17, 15) is 4.39 Å². The van der Waals surface area contributed by atoms with Gasteiger partial charge in [0.2, 0.25) is 0 Å². The van der Waals surface area contributed by atoms with Crippen LogP contribution in [0.15, 0.2) is 54.7 Å². The molecule has 106 valence electrons. The number of hydrogen-bond acceptors (Lipinski definition) is 2. The van der Waals surface area contributed by atoms with Crippen LogP contribution in [0.2, 0.25) is 5.02 Å². The summed E-state index contributed by atoms with van der Waals surface area (Å²) in [6.45, 7) is 0. The Morgan fingerprint density at radius 3 is 2.81 bits per heavy atom. The lowest BCUT2D eigenvalue weighted by Crippen LogP contribution is -2.19. The number of halogens is 2. The molecule has 3 aromatic rings. The molecule has 4 heteroatoms. The van der Waals surface area contributed by atoms with Gasteiger partial charge in [0.25, 0.3) is 0 Å². The maximum Gasteiger partial charge on any atom is 0.128 e. The highest BCUT2D eigenvalue weighted by Gasteiger charge is 2.17. The first-order chi connectivity index (χ1) is 10.2. The van der Waals surface area contributed by atoms with Crippen molar-refractivity contribution in [1.29, 1.82) is 0 Å². The number of pyridine rings is 1. The van der Waals surface area contributed by atoms with Crippen LogP contribution in [-0.4, -0.2) is 12.0 Å². The van der Waals surface area contributed by atoms with E-state index in [4.69, 9.17) is 11.6 Å². The molecule has 3 rings (SSSR count). The number of nitrogens with one attached hydrogen (secondary N) is 1. The lowest BCUT2D eigenvalue weighted by atomic mass is 9.97. The van der Waals surface area contributed by atoms with E-state index in [1.807, 2.05) is 30.3 Å². The fourth-order valence-corrected chi connectivity index (χ4v) is 2.69. The summed E-state index contributed by atoms with van der Waals surface area (Å²) < 4.78 is 14.1. The van der Waals surface area contributed by atoms with Gasteiger partial charge in [-0.05, 0) is 49.0 Å². The van der Waals surface area contributed by atoms with Crippen LogP contribution in [0, 0.1) is 5.82 Å². The molecule has 0 saturated carbocycles. The molecule has 1 heterocycles. The molecule has 0 aliphatic carbocycles. The lowest BCUT2D eigenvalue weighted by Gasteiger charge is -2.18. The van der Waals surface area contributed by atoms with Gasteiger partial charge in [-0.3, -0.25) is 4.98 Å². The highest BCUT2D eigenvalue weighted by Crippen LogP contribution is 2.28. The number of benzene rings is 2. The van der Waals surface area contributed by atoms with Crippen LogP contribution in [0.3, 0.4) is 0 Å². The zero-order valence-corrected chi connectivity index (χ0v) is 12.2. The van der Waals surface area contributed by atoms with Gasteiger partial charge in [-0.15, -0.1) is 0 Å². The fourth-order valence-electron chi connectivity index (χ4n) is 2.51. The van der Waals surface area contributed by atoms with Crippen molar-refractivity contribution in [3.8, 4) is 0 Å². The summed E-state index contributed by atoms with van der Waals surface area (Å²) in [5.41, 5.74) is 2.43. The van der Waals surface area contributed by atoms with Crippen molar-refractivity contribution in [3.05, 3.63) is 76.7 Å². The third kappa shape index (κ3) is 2.75. The van der Waals surface area contributed by atoms with Crippen LogP contribution in [-0.2, 0) is 0 Å². The third-order valence-electron chi connectivity index (χ3n) is 3.52. The van der Waals surface area contributed by atoms with Crippen LogP contribution in [0.4, 0.5) is 4.39 Å². The van der Waals surface area contributed by atoms with Gasteiger partial charge in [-0.2, -0.15) is 0 Å². The van der Waals surface area contributed by atoms with Gasteiger partial charge in [-0.25, -0.2) is 4.39 Å². The standard InChI is InChI=1S/C17H14ClFN2/c1-20-17(14-10-13(18)5-6-15(14)19)12-4-7-16-11(9-12)3-2-8-21-16/h2-10,17,20H,1H3. The SMILES string of the molecule is CNC(c1ccc2ncccc2c1)c1cc(Cl)ccc1F. The van der Waals surface area contributed by atoms with E-state index in [1.54, 1.807) is 25.4 Å². The van der Waals surface area contributed by atoms with Crippen molar-refractivity contribution >= 4 is 22.5 Å². The second kappa shape index (κ2) is 5.80. The molecule has 0 saturated heterocycles. The van der Waals surface area contributed by atoms with E-state index in [0.29, 0.717) is 10.6 Å². The quantitative estimate of drug-likeness (QED) is 0.778. The Morgan fingerprint density at radius 1 is 1.14 bits per heavy atom. The Labute approximate surface area is 127 Å². The molecule has 1 unspecified atom stereocenters. The van der Waals surface area contributed by atoms with Gasteiger partial charge >= 0.3 is 0 Å². The van der Waals surface area contributed by atoms with Crippen molar-refractivity contribution in [2.45, 2.75) is 6.04 Å². The van der Waals surface area contributed by atoms with Gasteiger partial charge < -0.3 is 5.32 Å². The summed E-state index contributed by atoms with van der Waals surface area (Å²) in [5.74, 6) is -0.273. The lowest BCUT2D eigenvalue weighted by molar-refractivity contribution is 0.576. The Bertz CT molecular complexity index is 789. The number of fused-ring (bicyclic) bond motifs is 1. The van der Waals surface area contributed by atoms with Crippen LogP contribution in [0.25, 0.3) is 10.9 Å². The predicted octanol–water partition coefficient (Wildman–Crippen LogP) is 4.34. The van der Waals surface area contributed by atoms with Gasteiger partial charge in [-0.1, -0.05) is 23.7 Å². The number of rotatable bonds is 3. The van der Waals surface area contributed by atoms with Gasteiger partial charge in [0.05, 0.1) is 11.6 Å². The molecule has 1 aromatic heterocycles. The van der Waals surface area contributed by atoms with E-state index in [-0.39, 0.29) is 11.9 Å². The Hall–Kier alpha value is -1.97. The van der Waals surface area contributed by atoms with Gasteiger partial charge in [0.1, 0.15) is 5.82 Å². The summed E-state index contributed by atoms with van der Waals surface area (Å²) >= 11 is 6.00. The Kier molecular flexibility index (Phi) is 3.86. The van der Waals surface area contributed by atoms with Crippen molar-refractivity contribution in [1.82, 2.24) is 10.3 Å². The van der Waals surface area contributed by atoms with E-state index in [2.05, 4.69) is 10.3 Å². The minimum Gasteiger partial charge on any atom is -0.309 e. The summed E-state index contributed by atoms with van der Waals surface area (Å²) in [6, 6.07) is 14.1. The first-order valence-corrected chi connectivity index (χ1v) is 7.04. The number of hydrogen-bond donors (Lipinski definition) is 1. The van der Waals surface area contributed by atoms with Crippen molar-refractivity contribution in [2.75, 3.05) is 7.05 Å². The number of nitrogens with zero attached hydrogens (tertiary/aromatic N) is 1. The highest BCUT2D eigenvalue weighted by molar-refractivity contribution is 6.30. The second-order valence-electron chi connectivity index (χ2n) is 4.84. The van der Waals surface area contributed by atoms with Crippen LogP contribution < -0.4 is 5.32 Å². The molecule has 1 atom stereocenters. The molecule has 2 aromatic carbocycles. The van der Waals surface area contributed by atoms with E-state index < -0.39 is 0 Å². The van der Waals surface area contributed by atoms with E-state index >= 15 is 0 Å². The zero-order chi connectivity index (χ0) is 14.8. The van der Waals surface area contributed by atoms with Crippen LogP contribution >= 0.6 is 11.6 Å². The highest BCUT2D eigenvalue weighted by atomic mass is 35.5. The van der Waals surface area contributed by atoms with Crippen LogP contribution in [0.5, 0.6) is 0 Å². The molecular formula is C17H14ClFN2. The maximum absolute atomic E-state index is 14.1. The third-order valence-corrected chi connectivity index (χ3v) is 3.75. The van der Waals surface area contributed by atoms with Gasteiger partial charge in [0.15, 0.2) is 0 Å². The summed E-state index contributed by atoms with van der Waals surface area (Å²) in [7, 11) is 1.80. The number of aromatic nitrogens is 1. The van der Waals surface area contributed by atoms with E-state index in [0.717, 1.165) is 16.5 Å². The molecule has 0 fully saturated rings. The molecule has 2 nitrogen and oxygen atoms in total. The summed E-state index contributed by atoms with van der Waals surface area (Å²) in [4.78, 5) is 4.30. The predicted molar refractivity (Wildman–Crippen MR) is 84.1 cm³/mol. The van der Waals surface area contributed by atoms with Crippen molar-refractivity contribution < 1.29 is 4.39 Å². The van der Waals surface area contributed by atoms with Crippen molar-refractivity contribution in [3.63, 3.8) is 0 Å². The first kappa shape index (κ1) is 14.0. The van der Waals surface area contributed by atoms with Gasteiger partial charge in [0, 0.05) is 22.2 Å². The Balaban J connectivity index is 2.11. The normalized spacial score (nSPS) is 12.5. The molecular weight excluding hydrogens is 287 g/mol. The topological polar surface area (TPSA) is 24.9 Å².